The van der Waals surface area contributed by atoms with Crippen LogP contribution in [0.15, 0.2) is 12.4 Å². The molecule has 0 saturated carbocycles. The number of hydrogen-bond donors (Lipinski definition) is 2. The van der Waals surface area contributed by atoms with Crippen molar-refractivity contribution in [2.24, 2.45) is 0 Å². The highest BCUT2D eigenvalue weighted by Crippen LogP contribution is 1.99. The second kappa shape index (κ2) is 7.73. The second-order valence-corrected chi connectivity index (χ2v) is 4.03. The van der Waals surface area contributed by atoms with Crippen LogP contribution in [0.2, 0.25) is 0 Å². The van der Waals surface area contributed by atoms with E-state index in [0.717, 1.165) is 37.2 Å². The van der Waals surface area contributed by atoms with Crippen LogP contribution in [0.1, 0.15) is 37.1 Å². The van der Waals surface area contributed by atoms with Crippen LogP contribution in [0.3, 0.4) is 0 Å². The average molecular weight is 237 g/mol. The van der Waals surface area contributed by atoms with Gasteiger partial charge in [-0.05, 0) is 26.3 Å². The molecule has 1 aromatic rings. The monoisotopic (exact) mass is 237 g/mol. The molecule has 1 heterocycles. The summed E-state index contributed by atoms with van der Waals surface area (Å²) in [5, 5.41) is 11.7. The molecule has 0 unspecified atom stereocenters. The topological polar surface area (TPSA) is 75.1 Å². The molecule has 5 heteroatoms. The highest BCUT2D eigenvalue weighted by Gasteiger charge is 1.97. The van der Waals surface area contributed by atoms with Gasteiger partial charge >= 0.3 is 5.97 Å². The maximum atomic E-state index is 10.3. The van der Waals surface area contributed by atoms with Crippen molar-refractivity contribution in [3.8, 4) is 0 Å². The number of hydrogen-bond acceptors (Lipinski definition) is 4. The first-order valence-electron chi connectivity index (χ1n) is 5.88. The molecule has 2 N–H and O–H groups in total. The lowest BCUT2D eigenvalue weighted by molar-refractivity contribution is -0.137. The van der Waals surface area contributed by atoms with Gasteiger partial charge in [-0.3, -0.25) is 14.8 Å². The Balaban J connectivity index is 2.01. The number of aliphatic carboxylic acids is 1. The maximum absolute atomic E-state index is 10.3. The number of aromatic nitrogens is 2. The van der Waals surface area contributed by atoms with Crippen LogP contribution in [0.5, 0.6) is 0 Å². The second-order valence-electron chi connectivity index (χ2n) is 4.03. The molecule has 0 aliphatic heterocycles. The fourth-order valence-electron chi connectivity index (χ4n) is 1.43. The summed E-state index contributed by atoms with van der Waals surface area (Å²) in [6.07, 6.45) is 6.48. The van der Waals surface area contributed by atoms with E-state index in [4.69, 9.17) is 5.11 Å². The Bertz CT molecular complexity index is 338. The van der Waals surface area contributed by atoms with Crippen LogP contribution >= 0.6 is 0 Å². The summed E-state index contributed by atoms with van der Waals surface area (Å²) in [5.41, 5.74) is 1.85. The molecule has 5 nitrogen and oxygen atoms in total. The average Bonchev–Trinajstić information content (AvgIpc) is 2.30. The summed E-state index contributed by atoms with van der Waals surface area (Å²) < 4.78 is 0. The third-order valence-corrected chi connectivity index (χ3v) is 2.38. The molecular formula is C12H19N3O2. The fraction of sp³-hybridized carbons (Fsp3) is 0.583. The van der Waals surface area contributed by atoms with Crippen molar-refractivity contribution in [2.45, 2.75) is 39.2 Å². The molecule has 0 bridgehead atoms. The molecule has 0 spiro atoms. The first-order chi connectivity index (χ1) is 8.18. The van der Waals surface area contributed by atoms with Crippen molar-refractivity contribution in [3.05, 3.63) is 23.8 Å². The van der Waals surface area contributed by atoms with Gasteiger partial charge in [0.1, 0.15) is 0 Å². The summed E-state index contributed by atoms with van der Waals surface area (Å²) in [6.45, 7) is 3.51. The molecular weight excluding hydrogens is 218 g/mol. The Labute approximate surface area is 101 Å². The zero-order valence-corrected chi connectivity index (χ0v) is 10.1. The van der Waals surface area contributed by atoms with E-state index >= 15 is 0 Å². The summed E-state index contributed by atoms with van der Waals surface area (Å²) >= 11 is 0. The van der Waals surface area contributed by atoms with E-state index in [1.807, 2.05) is 6.92 Å². The van der Waals surface area contributed by atoms with E-state index in [1.54, 1.807) is 12.4 Å². The van der Waals surface area contributed by atoms with Gasteiger partial charge in [0.25, 0.3) is 0 Å². The van der Waals surface area contributed by atoms with Gasteiger partial charge < -0.3 is 10.4 Å². The normalized spacial score (nSPS) is 10.4. The summed E-state index contributed by atoms with van der Waals surface area (Å²) in [7, 11) is 0. The summed E-state index contributed by atoms with van der Waals surface area (Å²) in [6, 6.07) is 0. The van der Waals surface area contributed by atoms with Gasteiger partial charge in [0.15, 0.2) is 0 Å². The Morgan fingerprint density at radius 3 is 2.76 bits per heavy atom. The highest BCUT2D eigenvalue weighted by atomic mass is 16.4. The fourth-order valence-corrected chi connectivity index (χ4v) is 1.43. The van der Waals surface area contributed by atoms with Crippen LogP contribution in [0.4, 0.5) is 0 Å². The van der Waals surface area contributed by atoms with Crippen LogP contribution in [-0.2, 0) is 11.3 Å². The lowest BCUT2D eigenvalue weighted by atomic mass is 10.2. The molecule has 0 aromatic carbocycles. The minimum Gasteiger partial charge on any atom is -0.481 e. The first kappa shape index (κ1) is 13.6. The zero-order valence-electron chi connectivity index (χ0n) is 10.1. The number of carboxylic acids is 1. The smallest absolute Gasteiger partial charge is 0.303 e. The minimum atomic E-state index is -0.715. The minimum absolute atomic E-state index is 0.267. The van der Waals surface area contributed by atoms with Gasteiger partial charge in [0, 0.05) is 25.4 Å². The third kappa shape index (κ3) is 6.63. The van der Waals surface area contributed by atoms with E-state index in [9.17, 15) is 4.79 Å². The quantitative estimate of drug-likeness (QED) is 0.670. The van der Waals surface area contributed by atoms with E-state index in [1.165, 1.54) is 0 Å². The number of nitrogens with one attached hydrogen (secondary N) is 1. The van der Waals surface area contributed by atoms with Crippen molar-refractivity contribution in [1.29, 1.82) is 0 Å². The molecule has 0 atom stereocenters. The number of unbranched alkanes of at least 4 members (excludes halogenated alkanes) is 2. The van der Waals surface area contributed by atoms with Gasteiger partial charge in [-0.25, -0.2) is 0 Å². The predicted molar refractivity (Wildman–Crippen MR) is 64.6 cm³/mol. The number of carboxylic acid groups (broad SMARTS) is 1. The van der Waals surface area contributed by atoms with Gasteiger partial charge in [-0.15, -0.1) is 0 Å². The molecule has 0 radical (unpaired) electrons. The summed E-state index contributed by atoms with van der Waals surface area (Å²) in [5.74, 6) is -0.715. The lowest BCUT2D eigenvalue weighted by Crippen LogP contribution is -2.15. The van der Waals surface area contributed by atoms with Crippen LogP contribution in [-0.4, -0.2) is 27.6 Å². The lowest BCUT2D eigenvalue weighted by Gasteiger charge is -2.03. The molecule has 17 heavy (non-hydrogen) atoms. The molecule has 94 valence electrons. The van der Waals surface area contributed by atoms with Crippen molar-refractivity contribution >= 4 is 5.97 Å². The molecule has 0 aliphatic rings. The van der Waals surface area contributed by atoms with Crippen molar-refractivity contribution in [2.75, 3.05) is 6.54 Å². The zero-order chi connectivity index (χ0) is 12.5. The Morgan fingerprint density at radius 1 is 1.29 bits per heavy atom. The molecule has 0 saturated heterocycles. The van der Waals surface area contributed by atoms with Crippen LogP contribution in [0.25, 0.3) is 0 Å². The van der Waals surface area contributed by atoms with Crippen molar-refractivity contribution in [1.82, 2.24) is 15.3 Å². The largest absolute Gasteiger partial charge is 0.481 e. The van der Waals surface area contributed by atoms with E-state index in [-0.39, 0.29) is 6.42 Å². The van der Waals surface area contributed by atoms with E-state index < -0.39 is 5.97 Å². The molecule has 1 aromatic heterocycles. The SMILES string of the molecule is Cc1cnc(CNCCCCCC(=O)O)cn1. The predicted octanol–water partition coefficient (Wildman–Crippen LogP) is 1.52. The van der Waals surface area contributed by atoms with Crippen molar-refractivity contribution in [3.63, 3.8) is 0 Å². The highest BCUT2D eigenvalue weighted by molar-refractivity contribution is 5.66. The van der Waals surface area contributed by atoms with E-state index in [2.05, 4.69) is 15.3 Å². The van der Waals surface area contributed by atoms with E-state index in [0.29, 0.717) is 6.54 Å². The molecule has 1 rings (SSSR count). The number of carbonyl (C=O) groups is 1. The van der Waals surface area contributed by atoms with Gasteiger partial charge in [-0.2, -0.15) is 0 Å². The molecule has 0 fully saturated rings. The van der Waals surface area contributed by atoms with Crippen LogP contribution in [0, 0.1) is 6.92 Å². The number of rotatable bonds is 8. The van der Waals surface area contributed by atoms with Crippen molar-refractivity contribution < 1.29 is 9.90 Å². The molecule has 0 aliphatic carbocycles. The maximum Gasteiger partial charge on any atom is 0.303 e. The number of nitrogens with zero attached hydrogens (tertiary/aromatic N) is 2. The number of aryl methyl sites for hydroxylation is 1. The summed E-state index contributed by atoms with van der Waals surface area (Å²) in [4.78, 5) is 18.7. The Hall–Kier alpha value is -1.49. The third-order valence-electron chi connectivity index (χ3n) is 2.38. The van der Waals surface area contributed by atoms with Crippen LogP contribution < -0.4 is 5.32 Å². The van der Waals surface area contributed by atoms with Gasteiger partial charge in [0.2, 0.25) is 0 Å². The van der Waals surface area contributed by atoms with Gasteiger partial charge in [0.05, 0.1) is 11.4 Å². The van der Waals surface area contributed by atoms with Gasteiger partial charge in [-0.1, -0.05) is 6.42 Å². The first-order valence-corrected chi connectivity index (χ1v) is 5.88. The Morgan fingerprint density at radius 2 is 2.12 bits per heavy atom. The standard InChI is InChI=1S/C12H19N3O2/c1-10-7-15-11(9-14-10)8-13-6-4-2-3-5-12(16)17/h7,9,13H,2-6,8H2,1H3,(H,16,17). The Kier molecular flexibility index (Phi) is 6.17. The molecule has 0 amide bonds.